The summed E-state index contributed by atoms with van der Waals surface area (Å²) in [5, 5.41) is 3.60. The standard InChI is InChI=1S/C14H31NO/c1-8-15-13(12(4)11(2)3)9-10-14(5,6)16-7/h11-13,15H,8-10H2,1-7H3. The first-order chi connectivity index (χ1) is 7.34. The molecule has 0 aromatic heterocycles. The molecule has 0 rings (SSSR count). The van der Waals surface area contributed by atoms with E-state index >= 15 is 0 Å². The number of methoxy groups -OCH3 is 1. The van der Waals surface area contributed by atoms with Crippen molar-refractivity contribution in [3.05, 3.63) is 0 Å². The van der Waals surface area contributed by atoms with Gasteiger partial charge in [0.15, 0.2) is 0 Å². The summed E-state index contributed by atoms with van der Waals surface area (Å²) in [7, 11) is 1.80. The summed E-state index contributed by atoms with van der Waals surface area (Å²) in [5.74, 6) is 1.45. The van der Waals surface area contributed by atoms with E-state index in [1.165, 1.54) is 6.42 Å². The normalized spacial score (nSPS) is 16.5. The van der Waals surface area contributed by atoms with Crippen LogP contribution in [0.4, 0.5) is 0 Å². The van der Waals surface area contributed by atoms with Crippen LogP contribution < -0.4 is 5.32 Å². The largest absolute Gasteiger partial charge is 0.379 e. The second-order valence-electron chi connectivity index (χ2n) is 5.77. The Labute approximate surface area is 102 Å². The molecule has 0 aliphatic rings. The monoisotopic (exact) mass is 229 g/mol. The number of hydrogen-bond donors (Lipinski definition) is 1. The lowest BCUT2D eigenvalue weighted by atomic mass is 9.85. The molecular formula is C14H31NO. The first-order valence-corrected chi connectivity index (χ1v) is 6.62. The van der Waals surface area contributed by atoms with Gasteiger partial charge in [0.2, 0.25) is 0 Å². The average molecular weight is 229 g/mol. The minimum absolute atomic E-state index is 0.00434. The maximum atomic E-state index is 5.48. The van der Waals surface area contributed by atoms with Gasteiger partial charge in [-0.25, -0.2) is 0 Å². The topological polar surface area (TPSA) is 21.3 Å². The van der Waals surface area contributed by atoms with Crippen LogP contribution in [0.1, 0.15) is 54.4 Å². The smallest absolute Gasteiger partial charge is 0.0623 e. The molecule has 0 spiro atoms. The van der Waals surface area contributed by atoms with Crippen molar-refractivity contribution >= 4 is 0 Å². The maximum Gasteiger partial charge on any atom is 0.0623 e. The van der Waals surface area contributed by atoms with Gasteiger partial charge in [-0.2, -0.15) is 0 Å². The van der Waals surface area contributed by atoms with E-state index in [4.69, 9.17) is 4.74 Å². The molecule has 1 N–H and O–H groups in total. The van der Waals surface area contributed by atoms with Crippen molar-refractivity contribution in [2.24, 2.45) is 11.8 Å². The Morgan fingerprint density at radius 3 is 2.12 bits per heavy atom. The molecule has 2 unspecified atom stereocenters. The third-order valence-electron chi connectivity index (χ3n) is 3.76. The van der Waals surface area contributed by atoms with Gasteiger partial charge in [0.05, 0.1) is 5.60 Å². The Bertz CT molecular complexity index is 178. The number of nitrogens with one attached hydrogen (secondary N) is 1. The van der Waals surface area contributed by atoms with Crippen molar-refractivity contribution in [2.45, 2.75) is 66.0 Å². The van der Waals surface area contributed by atoms with E-state index in [0.29, 0.717) is 12.0 Å². The Morgan fingerprint density at radius 2 is 1.75 bits per heavy atom. The van der Waals surface area contributed by atoms with Gasteiger partial charge in [0, 0.05) is 13.2 Å². The van der Waals surface area contributed by atoms with E-state index < -0.39 is 0 Å². The highest BCUT2D eigenvalue weighted by Gasteiger charge is 2.23. The van der Waals surface area contributed by atoms with Crippen LogP contribution in [0.3, 0.4) is 0 Å². The van der Waals surface area contributed by atoms with E-state index in [0.717, 1.165) is 18.9 Å². The third kappa shape index (κ3) is 5.86. The summed E-state index contributed by atoms with van der Waals surface area (Å²) in [6, 6.07) is 0.611. The van der Waals surface area contributed by atoms with Gasteiger partial charge in [-0.05, 0) is 45.1 Å². The molecular weight excluding hydrogens is 198 g/mol. The van der Waals surface area contributed by atoms with Crippen LogP contribution in [0, 0.1) is 11.8 Å². The lowest BCUT2D eigenvalue weighted by Gasteiger charge is -2.31. The zero-order valence-electron chi connectivity index (χ0n) is 12.3. The Morgan fingerprint density at radius 1 is 1.19 bits per heavy atom. The number of ether oxygens (including phenoxy) is 1. The summed E-state index contributed by atoms with van der Waals surface area (Å²) in [5.41, 5.74) is 0.00434. The molecule has 2 nitrogen and oxygen atoms in total. The van der Waals surface area contributed by atoms with Crippen LogP contribution in [-0.2, 0) is 4.74 Å². The minimum atomic E-state index is 0.00434. The zero-order valence-corrected chi connectivity index (χ0v) is 12.3. The molecule has 0 heterocycles. The van der Waals surface area contributed by atoms with Crippen LogP contribution in [-0.4, -0.2) is 25.3 Å². The van der Waals surface area contributed by atoms with Crippen LogP contribution in [0.5, 0.6) is 0 Å². The molecule has 2 atom stereocenters. The first kappa shape index (κ1) is 15.9. The summed E-state index contributed by atoms with van der Waals surface area (Å²) in [6.07, 6.45) is 2.30. The van der Waals surface area contributed by atoms with Crippen molar-refractivity contribution in [3.8, 4) is 0 Å². The quantitative estimate of drug-likeness (QED) is 0.688. The van der Waals surface area contributed by atoms with E-state index in [2.05, 4.69) is 46.9 Å². The van der Waals surface area contributed by atoms with E-state index in [-0.39, 0.29) is 5.60 Å². The van der Waals surface area contributed by atoms with Crippen LogP contribution in [0.25, 0.3) is 0 Å². The van der Waals surface area contributed by atoms with Crippen molar-refractivity contribution in [1.29, 1.82) is 0 Å². The molecule has 0 aromatic rings. The lowest BCUT2D eigenvalue weighted by molar-refractivity contribution is 0.00976. The molecule has 0 saturated carbocycles. The van der Waals surface area contributed by atoms with E-state index in [1.54, 1.807) is 7.11 Å². The van der Waals surface area contributed by atoms with Gasteiger partial charge < -0.3 is 10.1 Å². The molecule has 0 saturated heterocycles. The molecule has 98 valence electrons. The maximum absolute atomic E-state index is 5.48. The fourth-order valence-electron chi connectivity index (χ4n) is 1.88. The van der Waals surface area contributed by atoms with Gasteiger partial charge in [-0.1, -0.05) is 27.7 Å². The minimum Gasteiger partial charge on any atom is -0.379 e. The van der Waals surface area contributed by atoms with E-state index in [1.807, 2.05) is 0 Å². The Balaban J connectivity index is 4.23. The third-order valence-corrected chi connectivity index (χ3v) is 3.76. The molecule has 0 aliphatic heterocycles. The molecule has 16 heavy (non-hydrogen) atoms. The predicted octanol–water partition coefficient (Wildman–Crippen LogP) is 3.46. The van der Waals surface area contributed by atoms with Gasteiger partial charge in [-0.15, -0.1) is 0 Å². The fraction of sp³-hybridized carbons (Fsp3) is 1.00. The number of hydrogen-bond acceptors (Lipinski definition) is 2. The van der Waals surface area contributed by atoms with Crippen LogP contribution in [0.15, 0.2) is 0 Å². The zero-order chi connectivity index (χ0) is 12.8. The van der Waals surface area contributed by atoms with Gasteiger partial charge in [0.25, 0.3) is 0 Å². The Kier molecular flexibility index (Phi) is 7.25. The second kappa shape index (κ2) is 7.29. The van der Waals surface area contributed by atoms with Crippen LogP contribution >= 0.6 is 0 Å². The van der Waals surface area contributed by atoms with Crippen molar-refractivity contribution in [1.82, 2.24) is 5.32 Å². The predicted molar refractivity (Wildman–Crippen MR) is 71.8 cm³/mol. The molecule has 0 amide bonds. The van der Waals surface area contributed by atoms with Crippen LogP contribution in [0.2, 0.25) is 0 Å². The molecule has 0 bridgehead atoms. The molecule has 2 heteroatoms. The van der Waals surface area contributed by atoms with Gasteiger partial charge >= 0.3 is 0 Å². The van der Waals surface area contributed by atoms with Gasteiger partial charge in [0.1, 0.15) is 0 Å². The van der Waals surface area contributed by atoms with Crippen molar-refractivity contribution < 1.29 is 4.74 Å². The molecule has 0 aliphatic carbocycles. The molecule has 0 aromatic carbocycles. The van der Waals surface area contributed by atoms with Gasteiger partial charge in [-0.3, -0.25) is 0 Å². The highest BCUT2D eigenvalue weighted by atomic mass is 16.5. The SMILES string of the molecule is CCNC(CCC(C)(C)OC)C(C)C(C)C. The van der Waals surface area contributed by atoms with Crippen molar-refractivity contribution in [2.75, 3.05) is 13.7 Å². The lowest BCUT2D eigenvalue weighted by Crippen LogP contribution is -2.39. The summed E-state index contributed by atoms with van der Waals surface area (Å²) < 4.78 is 5.48. The highest BCUT2D eigenvalue weighted by Crippen LogP contribution is 2.23. The summed E-state index contributed by atoms with van der Waals surface area (Å²) in [6.45, 7) is 14.5. The highest BCUT2D eigenvalue weighted by molar-refractivity contribution is 4.79. The second-order valence-corrected chi connectivity index (χ2v) is 5.77. The average Bonchev–Trinajstić information content (AvgIpc) is 2.23. The summed E-state index contributed by atoms with van der Waals surface area (Å²) in [4.78, 5) is 0. The first-order valence-electron chi connectivity index (χ1n) is 6.62. The Hall–Kier alpha value is -0.0800. The van der Waals surface area contributed by atoms with Crippen molar-refractivity contribution in [3.63, 3.8) is 0 Å². The number of rotatable bonds is 8. The molecule has 0 fully saturated rings. The molecule has 0 radical (unpaired) electrons. The fourth-order valence-corrected chi connectivity index (χ4v) is 1.88. The van der Waals surface area contributed by atoms with E-state index in [9.17, 15) is 0 Å². The summed E-state index contributed by atoms with van der Waals surface area (Å²) >= 11 is 0.